The molecule has 3 unspecified atom stereocenters. The van der Waals surface area contributed by atoms with Gasteiger partial charge in [0, 0.05) is 12.6 Å². The third kappa shape index (κ3) is 2.35. The fourth-order valence-corrected chi connectivity index (χ4v) is 2.13. The van der Waals surface area contributed by atoms with Gasteiger partial charge in [-0.3, -0.25) is 0 Å². The van der Waals surface area contributed by atoms with Crippen LogP contribution < -0.4 is 5.73 Å². The summed E-state index contributed by atoms with van der Waals surface area (Å²) in [5.41, 5.74) is 5.61. The molecule has 1 aromatic rings. The minimum atomic E-state index is -0.377. The summed E-state index contributed by atoms with van der Waals surface area (Å²) in [4.78, 5) is 4.45. The predicted molar refractivity (Wildman–Crippen MR) is 63.5 cm³/mol. The summed E-state index contributed by atoms with van der Waals surface area (Å²) < 4.78 is 11.0. The van der Waals surface area contributed by atoms with Crippen molar-refractivity contribution in [3.8, 4) is 0 Å². The van der Waals surface area contributed by atoms with E-state index in [0.717, 1.165) is 25.9 Å². The lowest BCUT2D eigenvalue weighted by Crippen LogP contribution is -2.26. The average molecular weight is 239 g/mol. The summed E-state index contributed by atoms with van der Waals surface area (Å²) in [6.45, 7) is 6.85. The SMILES string of the molecule is CCC(N)C(C)c1nc(C2(C)CCCO2)no1. The molecule has 0 bridgehead atoms. The first kappa shape index (κ1) is 12.5. The molecule has 96 valence electrons. The molecule has 17 heavy (non-hydrogen) atoms. The van der Waals surface area contributed by atoms with Gasteiger partial charge in [0.1, 0.15) is 5.60 Å². The normalized spacial score (nSPS) is 28.2. The molecule has 1 aromatic heterocycles. The number of aromatic nitrogens is 2. The van der Waals surface area contributed by atoms with Crippen molar-refractivity contribution in [2.45, 2.75) is 57.6 Å². The van der Waals surface area contributed by atoms with Crippen molar-refractivity contribution in [3.63, 3.8) is 0 Å². The molecule has 0 aromatic carbocycles. The maximum absolute atomic E-state index is 5.99. The highest BCUT2D eigenvalue weighted by Gasteiger charge is 2.37. The zero-order valence-electron chi connectivity index (χ0n) is 10.8. The minimum Gasteiger partial charge on any atom is -0.367 e. The molecule has 2 N–H and O–H groups in total. The van der Waals surface area contributed by atoms with Crippen LogP contribution in [0.1, 0.15) is 57.7 Å². The van der Waals surface area contributed by atoms with E-state index < -0.39 is 0 Å². The van der Waals surface area contributed by atoms with Crippen LogP contribution in [0.5, 0.6) is 0 Å². The summed E-state index contributed by atoms with van der Waals surface area (Å²) in [5.74, 6) is 1.36. The first-order chi connectivity index (χ1) is 8.07. The highest BCUT2D eigenvalue weighted by Crippen LogP contribution is 2.34. The second-order valence-electron chi connectivity index (χ2n) is 5.00. The number of hydrogen-bond acceptors (Lipinski definition) is 5. The molecule has 0 amide bonds. The molecule has 2 heterocycles. The van der Waals surface area contributed by atoms with Gasteiger partial charge in [0.25, 0.3) is 0 Å². The summed E-state index contributed by atoms with van der Waals surface area (Å²) in [7, 11) is 0. The molecule has 0 aliphatic carbocycles. The summed E-state index contributed by atoms with van der Waals surface area (Å²) >= 11 is 0. The highest BCUT2D eigenvalue weighted by atomic mass is 16.5. The van der Waals surface area contributed by atoms with Gasteiger partial charge in [0.05, 0.1) is 5.92 Å². The standard InChI is InChI=1S/C12H21N3O2/c1-4-9(13)8(2)10-14-11(15-17-10)12(3)6-5-7-16-12/h8-9H,4-7,13H2,1-3H3. The second kappa shape index (κ2) is 4.74. The Morgan fingerprint density at radius 2 is 2.29 bits per heavy atom. The lowest BCUT2D eigenvalue weighted by atomic mass is 10.00. The lowest BCUT2D eigenvalue weighted by Gasteiger charge is -2.18. The van der Waals surface area contributed by atoms with Crippen molar-refractivity contribution < 1.29 is 9.26 Å². The first-order valence-electron chi connectivity index (χ1n) is 6.30. The van der Waals surface area contributed by atoms with Crippen LogP contribution in [0.25, 0.3) is 0 Å². The summed E-state index contributed by atoms with van der Waals surface area (Å²) in [6.07, 6.45) is 2.89. The fourth-order valence-electron chi connectivity index (χ4n) is 2.13. The number of nitrogens with zero attached hydrogens (tertiary/aromatic N) is 2. The Labute approximate surface area is 102 Å². The van der Waals surface area contributed by atoms with Gasteiger partial charge in [0.15, 0.2) is 0 Å². The van der Waals surface area contributed by atoms with Crippen LogP contribution in [0.4, 0.5) is 0 Å². The third-order valence-electron chi connectivity index (χ3n) is 3.64. The number of rotatable bonds is 4. The third-order valence-corrected chi connectivity index (χ3v) is 3.64. The molecule has 5 nitrogen and oxygen atoms in total. The van der Waals surface area contributed by atoms with Crippen molar-refractivity contribution in [2.24, 2.45) is 5.73 Å². The van der Waals surface area contributed by atoms with Gasteiger partial charge in [0.2, 0.25) is 11.7 Å². The minimum absolute atomic E-state index is 0.0561. The van der Waals surface area contributed by atoms with Gasteiger partial charge in [-0.2, -0.15) is 4.98 Å². The Bertz CT molecular complexity index is 372. The topological polar surface area (TPSA) is 74.2 Å². The van der Waals surface area contributed by atoms with Crippen molar-refractivity contribution >= 4 is 0 Å². The number of ether oxygens (including phenoxy) is 1. The van der Waals surface area contributed by atoms with Crippen LogP contribution in [-0.4, -0.2) is 22.8 Å². The van der Waals surface area contributed by atoms with E-state index in [4.69, 9.17) is 15.0 Å². The Kier molecular flexibility index (Phi) is 3.49. The van der Waals surface area contributed by atoms with Crippen LogP contribution in [0.15, 0.2) is 4.52 Å². The van der Waals surface area contributed by atoms with E-state index in [2.05, 4.69) is 17.1 Å². The number of nitrogens with two attached hydrogens (primary N) is 1. The second-order valence-corrected chi connectivity index (χ2v) is 5.00. The van der Waals surface area contributed by atoms with Crippen molar-refractivity contribution in [1.82, 2.24) is 10.1 Å². The van der Waals surface area contributed by atoms with Gasteiger partial charge in [-0.05, 0) is 26.2 Å². The Balaban J connectivity index is 2.15. The first-order valence-corrected chi connectivity index (χ1v) is 6.30. The molecule has 0 spiro atoms. The van der Waals surface area contributed by atoms with Crippen LogP contribution in [0.2, 0.25) is 0 Å². The van der Waals surface area contributed by atoms with E-state index in [9.17, 15) is 0 Å². The van der Waals surface area contributed by atoms with E-state index in [1.54, 1.807) is 0 Å². The molecule has 0 radical (unpaired) electrons. The molecular weight excluding hydrogens is 218 g/mol. The molecule has 1 aliphatic rings. The van der Waals surface area contributed by atoms with E-state index in [1.807, 2.05) is 13.8 Å². The molecule has 5 heteroatoms. The molecule has 3 atom stereocenters. The Hall–Kier alpha value is -0.940. The van der Waals surface area contributed by atoms with E-state index in [-0.39, 0.29) is 17.6 Å². The summed E-state index contributed by atoms with van der Waals surface area (Å²) in [6, 6.07) is 0.0561. The van der Waals surface area contributed by atoms with Crippen LogP contribution in [-0.2, 0) is 10.3 Å². The maximum Gasteiger partial charge on any atom is 0.231 e. The zero-order valence-corrected chi connectivity index (χ0v) is 10.8. The smallest absolute Gasteiger partial charge is 0.231 e. The van der Waals surface area contributed by atoms with E-state index >= 15 is 0 Å². The monoisotopic (exact) mass is 239 g/mol. The quantitative estimate of drug-likeness (QED) is 0.869. The molecule has 0 saturated carbocycles. The molecule has 1 aliphatic heterocycles. The highest BCUT2D eigenvalue weighted by molar-refractivity contribution is 5.04. The van der Waals surface area contributed by atoms with Gasteiger partial charge >= 0.3 is 0 Å². The van der Waals surface area contributed by atoms with Gasteiger partial charge in [-0.15, -0.1) is 0 Å². The van der Waals surface area contributed by atoms with Crippen LogP contribution in [0.3, 0.4) is 0 Å². The summed E-state index contributed by atoms with van der Waals surface area (Å²) in [5, 5.41) is 4.04. The van der Waals surface area contributed by atoms with Crippen molar-refractivity contribution in [1.29, 1.82) is 0 Å². The largest absolute Gasteiger partial charge is 0.367 e. The predicted octanol–water partition coefficient (Wildman–Crippen LogP) is 1.94. The number of hydrogen-bond donors (Lipinski definition) is 1. The fraction of sp³-hybridized carbons (Fsp3) is 0.833. The molecule has 1 saturated heterocycles. The molecule has 2 rings (SSSR count). The van der Waals surface area contributed by atoms with E-state index in [0.29, 0.717) is 11.7 Å². The lowest BCUT2D eigenvalue weighted by molar-refractivity contribution is 0.00768. The van der Waals surface area contributed by atoms with Gasteiger partial charge in [-0.1, -0.05) is 19.0 Å². The Morgan fingerprint density at radius 3 is 2.88 bits per heavy atom. The molecule has 1 fully saturated rings. The zero-order chi connectivity index (χ0) is 12.5. The molecular formula is C12H21N3O2. The van der Waals surface area contributed by atoms with Crippen LogP contribution >= 0.6 is 0 Å². The van der Waals surface area contributed by atoms with Crippen molar-refractivity contribution in [3.05, 3.63) is 11.7 Å². The van der Waals surface area contributed by atoms with Gasteiger partial charge in [-0.25, -0.2) is 0 Å². The average Bonchev–Trinajstić information content (AvgIpc) is 2.96. The maximum atomic E-state index is 5.99. The van der Waals surface area contributed by atoms with E-state index in [1.165, 1.54) is 0 Å². The Morgan fingerprint density at radius 1 is 1.53 bits per heavy atom. The van der Waals surface area contributed by atoms with Crippen molar-refractivity contribution in [2.75, 3.05) is 6.61 Å². The van der Waals surface area contributed by atoms with Crippen LogP contribution in [0, 0.1) is 0 Å². The van der Waals surface area contributed by atoms with Gasteiger partial charge < -0.3 is 15.0 Å².